The molecule has 2 atom stereocenters. The molecule has 0 radical (unpaired) electrons. The number of halogens is 2. The standard InChI is InChI=1S/C22H29N3O2.2ClH/c1-17(21(23)20-8-3-2-4-9-20)22(26)24-15-18-6-5-7-19(14-18)16-25-10-12-27-13-11-25;;/h2-9,14,17,21H,10-13,15-16,23H2,1H3,(H,24,26);2*1H. The minimum absolute atomic E-state index is 0. The van der Waals surface area contributed by atoms with Crippen LogP contribution < -0.4 is 11.1 Å². The van der Waals surface area contributed by atoms with Gasteiger partial charge in [-0.2, -0.15) is 0 Å². The number of rotatable bonds is 7. The van der Waals surface area contributed by atoms with Crippen molar-refractivity contribution in [3.05, 3.63) is 71.3 Å². The number of benzene rings is 2. The summed E-state index contributed by atoms with van der Waals surface area (Å²) in [5.41, 5.74) is 9.61. The Hall–Kier alpha value is -1.63. The molecule has 5 nitrogen and oxygen atoms in total. The van der Waals surface area contributed by atoms with Gasteiger partial charge >= 0.3 is 0 Å². The van der Waals surface area contributed by atoms with E-state index >= 15 is 0 Å². The van der Waals surface area contributed by atoms with Gasteiger partial charge in [0.25, 0.3) is 0 Å². The molecule has 29 heavy (non-hydrogen) atoms. The Morgan fingerprint density at radius 1 is 1.07 bits per heavy atom. The van der Waals surface area contributed by atoms with E-state index in [-0.39, 0.29) is 42.7 Å². The summed E-state index contributed by atoms with van der Waals surface area (Å²) >= 11 is 0. The van der Waals surface area contributed by atoms with Crippen LogP contribution in [0, 0.1) is 5.92 Å². The maximum atomic E-state index is 12.5. The third kappa shape index (κ3) is 7.61. The number of nitrogens with zero attached hydrogens (tertiary/aromatic N) is 1. The second-order valence-corrected chi connectivity index (χ2v) is 7.15. The number of hydrogen-bond acceptors (Lipinski definition) is 4. The van der Waals surface area contributed by atoms with Crippen molar-refractivity contribution in [3.63, 3.8) is 0 Å². The molecule has 2 aromatic carbocycles. The second kappa shape index (κ2) is 12.8. The number of amides is 1. The molecular formula is C22H31Cl2N3O2. The van der Waals surface area contributed by atoms with Gasteiger partial charge in [0.05, 0.1) is 19.1 Å². The Morgan fingerprint density at radius 2 is 1.72 bits per heavy atom. The highest BCUT2D eigenvalue weighted by atomic mass is 35.5. The molecule has 1 aliphatic rings. The minimum Gasteiger partial charge on any atom is -0.379 e. The van der Waals surface area contributed by atoms with E-state index < -0.39 is 0 Å². The zero-order valence-corrected chi connectivity index (χ0v) is 18.4. The predicted octanol–water partition coefficient (Wildman–Crippen LogP) is 3.31. The summed E-state index contributed by atoms with van der Waals surface area (Å²) in [5, 5.41) is 3.03. The molecule has 1 fully saturated rings. The van der Waals surface area contributed by atoms with E-state index in [0.29, 0.717) is 6.54 Å². The fraction of sp³-hybridized carbons (Fsp3) is 0.409. The largest absolute Gasteiger partial charge is 0.379 e. The van der Waals surface area contributed by atoms with Gasteiger partial charge in [-0.1, -0.05) is 61.5 Å². The Bertz CT molecular complexity index is 740. The molecule has 0 bridgehead atoms. The predicted molar refractivity (Wildman–Crippen MR) is 121 cm³/mol. The maximum Gasteiger partial charge on any atom is 0.225 e. The Kier molecular flexibility index (Phi) is 11.2. The summed E-state index contributed by atoms with van der Waals surface area (Å²) in [4.78, 5) is 14.9. The van der Waals surface area contributed by atoms with E-state index in [0.717, 1.165) is 44.0 Å². The maximum absolute atomic E-state index is 12.5. The van der Waals surface area contributed by atoms with Gasteiger partial charge in [0, 0.05) is 32.2 Å². The number of nitrogens with one attached hydrogen (secondary N) is 1. The van der Waals surface area contributed by atoms with E-state index in [2.05, 4.69) is 28.4 Å². The van der Waals surface area contributed by atoms with Crippen LogP contribution in [-0.4, -0.2) is 37.1 Å². The number of carbonyl (C=O) groups is 1. The first kappa shape index (κ1) is 25.4. The van der Waals surface area contributed by atoms with Crippen molar-refractivity contribution in [2.75, 3.05) is 26.3 Å². The second-order valence-electron chi connectivity index (χ2n) is 7.15. The van der Waals surface area contributed by atoms with Crippen molar-refractivity contribution in [3.8, 4) is 0 Å². The fourth-order valence-corrected chi connectivity index (χ4v) is 3.33. The third-order valence-electron chi connectivity index (χ3n) is 5.10. The zero-order chi connectivity index (χ0) is 19.1. The Balaban J connectivity index is 0.00000210. The smallest absolute Gasteiger partial charge is 0.225 e. The zero-order valence-electron chi connectivity index (χ0n) is 16.8. The lowest BCUT2D eigenvalue weighted by atomic mass is 9.94. The van der Waals surface area contributed by atoms with E-state index in [1.807, 2.05) is 43.3 Å². The van der Waals surface area contributed by atoms with Crippen LogP contribution in [-0.2, 0) is 22.6 Å². The minimum atomic E-state index is -0.307. The molecule has 1 amide bonds. The summed E-state index contributed by atoms with van der Waals surface area (Å²) in [6, 6.07) is 17.9. The van der Waals surface area contributed by atoms with Crippen LogP contribution in [0.3, 0.4) is 0 Å². The summed E-state index contributed by atoms with van der Waals surface area (Å²) in [7, 11) is 0. The number of nitrogens with two attached hydrogens (primary N) is 1. The van der Waals surface area contributed by atoms with E-state index in [4.69, 9.17) is 10.5 Å². The topological polar surface area (TPSA) is 67.6 Å². The SMILES string of the molecule is CC(C(=O)NCc1cccc(CN2CCOCC2)c1)C(N)c1ccccc1.Cl.Cl. The molecule has 2 unspecified atom stereocenters. The number of ether oxygens (including phenoxy) is 1. The molecule has 0 saturated carbocycles. The molecule has 0 aliphatic carbocycles. The Morgan fingerprint density at radius 3 is 2.41 bits per heavy atom. The van der Waals surface area contributed by atoms with Crippen molar-refractivity contribution in [2.45, 2.75) is 26.1 Å². The van der Waals surface area contributed by atoms with Crippen molar-refractivity contribution in [1.29, 1.82) is 0 Å². The lowest BCUT2D eigenvalue weighted by molar-refractivity contribution is -0.125. The van der Waals surface area contributed by atoms with Crippen LogP contribution >= 0.6 is 24.8 Å². The number of hydrogen-bond donors (Lipinski definition) is 2. The Labute approximate surface area is 185 Å². The molecule has 0 aromatic heterocycles. The van der Waals surface area contributed by atoms with Gasteiger partial charge in [0.2, 0.25) is 5.91 Å². The molecule has 1 heterocycles. The number of morpholine rings is 1. The van der Waals surface area contributed by atoms with Crippen LogP contribution in [0.1, 0.15) is 29.7 Å². The van der Waals surface area contributed by atoms with E-state index in [1.165, 1.54) is 5.56 Å². The number of carbonyl (C=O) groups excluding carboxylic acids is 1. The lowest BCUT2D eigenvalue weighted by Gasteiger charge is -2.26. The molecule has 1 aliphatic heterocycles. The third-order valence-corrected chi connectivity index (χ3v) is 5.10. The molecular weight excluding hydrogens is 409 g/mol. The molecule has 7 heteroatoms. The molecule has 3 rings (SSSR count). The molecule has 3 N–H and O–H groups in total. The van der Waals surface area contributed by atoms with Crippen molar-refractivity contribution in [2.24, 2.45) is 11.7 Å². The van der Waals surface area contributed by atoms with Gasteiger partial charge in [-0.25, -0.2) is 0 Å². The summed E-state index contributed by atoms with van der Waals surface area (Å²) in [5.74, 6) is -0.311. The van der Waals surface area contributed by atoms with Crippen LogP contribution in [0.2, 0.25) is 0 Å². The van der Waals surface area contributed by atoms with Gasteiger partial charge in [0.1, 0.15) is 0 Å². The quantitative estimate of drug-likeness (QED) is 0.693. The van der Waals surface area contributed by atoms with Crippen molar-refractivity contribution in [1.82, 2.24) is 10.2 Å². The highest BCUT2D eigenvalue weighted by molar-refractivity contribution is 5.85. The normalized spacial score (nSPS) is 16.1. The average molecular weight is 440 g/mol. The molecule has 2 aromatic rings. The van der Waals surface area contributed by atoms with Gasteiger partial charge in [0.15, 0.2) is 0 Å². The monoisotopic (exact) mass is 439 g/mol. The highest BCUT2D eigenvalue weighted by Gasteiger charge is 2.21. The highest BCUT2D eigenvalue weighted by Crippen LogP contribution is 2.19. The van der Waals surface area contributed by atoms with E-state index in [9.17, 15) is 4.79 Å². The van der Waals surface area contributed by atoms with Gasteiger partial charge in [-0.3, -0.25) is 9.69 Å². The first-order valence-corrected chi connectivity index (χ1v) is 9.59. The first-order valence-electron chi connectivity index (χ1n) is 9.59. The van der Waals surface area contributed by atoms with Gasteiger partial charge in [-0.15, -0.1) is 24.8 Å². The average Bonchev–Trinajstić information content (AvgIpc) is 2.72. The van der Waals surface area contributed by atoms with Gasteiger partial charge < -0.3 is 15.8 Å². The van der Waals surface area contributed by atoms with Crippen LogP contribution in [0.25, 0.3) is 0 Å². The van der Waals surface area contributed by atoms with Crippen LogP contribution in [0.4, 0.5) is 0 Å². The summed E-state index contributed by atoms with van der Waals surface area (Å²) in [6.07, 6.45) is 0. The van der Waals surface area contributed by atoms with Gasteiger partial charge in [-0.05, 0) is 16.7 Å². The first-order chi connectivity index (χ1) is 13.1. The molecule has 1 saturated heterocycles. The van der Waals surface area contributed by atoms with Crippen molar-refractivity contribution < 1.29 is 9.53 Å². The van der Waals surface area contributed by atoms with Crippen LogP contribution in [0.15, 0.2) is 54.6 Å². The fourth-order valence-electron chi connectivity index (χ4n) is 3.33. The van der Waals surface area contributed by atoms with E-state index in [1.54, 1.807) is 0 Å². The molecule has 160 valence electrons. The lowest BCUT2D eigenvalue weighted by Crippen LogP contribution is -2.36. The van der Waals surface area contributed by atoms with Crippen LogP contribution in [0.5, 0.6) is 0 Å². The summed E-state index contributed by atoms with van der Waals surface area (Å²) < 4.78 is 5.40. The van der Waals surface area contributed by atoms with Crippen molar-refractivity contribution >= 4 is 30.7 Å². The summed E-state index contributed by atoms with van der Waals surface area (Å²) in [6.45, 7) is 6.85. The molecule has 0 spiro atoms.